The monoisotopic (exact) mass is 558 g/mol. The van der Waals surface area contributed by atoms with Crippen molar-refractivity contribution in [1.29, 1.82) is 0 Å². The standard InChI is InChI=1S/C34H42N2O3S/c1-4-25(2)31(33(38)39-29-22-14-15-23-29)36-32(37)30(35-3)24-40-34(26-16-8-5-9-17-26,27-18-10-6-11-19-27)28-20-12-7-13-21-28/h5-13,16-21,25,29-31,35H,4,14-15,22-24H2,1-3H3,(H,36,37)/t25-,30-,31-/m0/s1. The first-order valence-corrected chi connectivity index (χ1v) is 15.5. The molecule has 1 saturated carbocycles. The van der Waals surface area contributed by atoms with Gasteiger partial charge in [-0.15, -0.1) is 11.8 Å². The van der Waals surface area contributed by atoms with Gasteiger partial charge in [-0.1, -0.05) is 111 Å². The van der Waals surface area contributed by atoms with Gasteiger partial charge in [-0.2, -0.15) is 0 Å². The molecule has 6 heteroatoms. The van der Waals surface area contributed by atoms with Crippen LogP contribution in [0.25, 0.3) is 0 Å². The van der Waals surface area contributed by atoms with Crippen molar-refractivity contribution in [2.75, 3.05) is 12.8 Å². The molecule has 0 spiro atoms. The fourth-order valence-corrected chi connectivity index (χ4v) is 7.08. The maximum Gasteiger partial charge on any atom is 0.329 e. The van der Waals surface area contributed by atoms with E-state index >= 15 is 0 Å². The Kier molecular flexibility index (Phi) is 10.8. The molecule has 1 aliphatic carbocycles. The molecule has 1 amide bonds. The molecule has 0 aliphatic heterocycles. The van der Waals surface area contributed by atoms with Crippen LogP contribution in [0.15, 0.2) is 91.0 Å². The molecule has 0 heterocycles. The average molecular weight is 559 g/mol. The number of hydrogen-bond donors (Lipinski definition) is 2. The molecule has 212 valence electrons. The van der Waals surface area contributed by atoms with Gasteiger partial charge in [-0.25, -0.2) is 4.79 Å². The quantitative estimate of drug-likeness (QED) is 0.190. The van der Waals surface area contributed by atoms with E-state index in [1.165, 1.54) is 0 Å². The second-order valence-corrected chi connectivity index (χ2v) is 11.9. The minimum Gasteiger partial charge on any atom is -0.461 e. The number of ether oxygens (including phenoxy) is 1. The molecule has 40 heavy (non-hydrogen) atoms. The van der Waals surface area contributed by atoms with Gasteiger partial charge in [0.25, 0.3) is 0 Å². The number of esters is 1. The maximum absolute atomic E-state index is 13.7. The summed E-state index contributed by atoms with van der Waals surface area (Å²) in [6.07, 6.45) is 4.72. The molecule has 3 aromatic carbocycles. The lowest BCUT2D eigenvalue weighted by atomic mass is 9.84. The molecular weight excluding hydrogens is 516 g/mol. The lowest BCUT2D eigenvalue weighted by Gasteiger charge is -2.36. The Bertz CT molecular complexity index is 1100. The van der Waals surface area contributed by atoms with Crippen LogP contribution < -0.4 is 10.6 Å². The summed E-state index contributed by atoms with van der Waals surface area (Å²) in [5.41, 5.74) is 3.43. The SMILES string of the molecule is CC[C@H](C)[C@H](NC(=O)[C@H](CSC(c1ccccc1)(c1ccccc1)c1ccccc1)NC)C(=O)OC1CCCC1. The Morgan fingerprint density at radius 1 is 0.875 bits per heavy atom. The van der Waals surface area contributed by atoms with E-state index in [0.29, 0.717) is 5.75 Å². The molecule has 0 radical (unpaired) electrons. The molecule has 3 aromatic rings. The third-order valence-corrected chi connectivity index (χ3v) is 9.66. The largest absolute Gasteiger partial charge is 0.461 e. The Labute approximate surface area is 243 Å². The van der Waals surface area contributed by atoms with E-state index in [1.54, 1.807) is 18.8 Å². The van der Waals surface area contributed by atoms with Crippen LogP contribution >= 0.6 is 11.8 Å². The number of thioether (sulfide) groups is 1. The van der Waals surface area contributed by atoms with Gasteiger partial charge in [-0.05, 0) is 55.3 Å². The van der Waals surface area contributed by atoms with Gasteiger partial charge in [-0.3, -0.25) is 4.79 Å². The van der Waals surface area contributed by atoms with Gasteiger partial charge in [0.05, 0.1) is 10.8 Å². The summed E-state index contributed by atoms with van der Waals surface area (Å²) >= 11 is 1.73. The Morgan fingerprint density at radius 3 is 1.77 bits per heavy atom. The number of amides is 1. The maximum atomic E-state index is 13.7. The molecule has 0 bridgehead atoms. The second kappa shape index (κ2) is 14.5. The lowest BCUT2D eigenvalue weighted by molar-refractivity contribution is -0.154. The summed E-state index contributed by atoms with van der Waals surface area (Å²) in [5.74, 6) is -0.0394. The van der Waals surface area contributed by atoms with Crippen molar-refractivity contribution in [1.82, 2.24) is 10.6 Å². The highest BCUT2D eigenvalue weighted by molar-refractivity contribution is 8.00. The first-order valence-electron chi connectivity index (χ1n) is 14.5. The van der Waals surface area contributed by atoms with Gasteiger partial charge in [0.1, 0.15) is 12.1 Å². The van der Waals surface area contributed by atoms with Crippen molar-refractivity contribution < 1.29 is 14.3 Å². The molecule has 0 aromatic heterocycles. The number of nitrogens with one attached hydrogen (secondary N) is 2. The summed E-state index contributed by atoms with van der Waals surface area (Å²) in [4.78, 5) is 26.8. The van der Waals surface area contributed by atoms with Crippen molar-refractivity contribution in [2.45, 2.75) is 68.9 Å². The van der Waals surface area contributed by atoms with Crippen LogP contribution in [0.2, 0.25) is 0 Å². The fourth-order valence-electron chi connectivity index (χ4n) is 5.43. The predicted molar refractivity (Wildman–Crippen MR) is 164 cm³/mol. The van der Waals surface area contributed by atoms with E-state index in [4.69, 9.17) is 4.74 Å². The molecule has 0 unspecified atom stereocenters. The second-order valence-electron chi connectivity index (χ2n) is 10.6. The van der Waals surface area contributed by atoms with Crippen LogP contribution in [0.3, 0.4) is 0 Å². The van der Waals surface area contributed by atoms with E-state index < -0.39 is 16.8 Å². The van der Waals surface area contributed by atoms with E-state index in [-0.39, 0.29) is 23.9 Å². The first-order chi connectivity index (χ1) is 19.5. The third kappa shape index (κ3) is 6.97. The van der Waals surface area contributed by atoms with Crippen LogP contribution in [-0.4, -0.2) is 42.9 Å². The highest BCUT2D eigenvalue weighted by Crippen LogP contribution is 2.48. The summed E-state index contributed by atoms with van der Waals surface area (Å²) < 4.78 is 5.29. The van der Waals surface area contributed by atoms with E-state index in [1.807, 2.05) is 32.0 Å². The van der Waals surface area contributed by atoms with Crippen LogP contribution in [0.5, 0.6) is 0 Å². The summed E-state index contributed by atoms with van der Waals surface area (Å²) in [5, 5.41) is 6.28. The first kappa shape index (κ1) is 29.9. The zero-order chi connectivity index (χ0) is 28.4. The minimum absolute atomic E-state index is 0.0277. The molecule has 4 rings (SSSR count). The van der Waals surface area contributed by atoms with Gasteiger partial charge in [0.2, 0.25) is 5.91 Å². The van der Waals surface area contributed by atoms with Crippen molar-refractivity contribution in [2.24, 2.45) is 5.92 Å². The van der Waals surface area contributed by atoms with E-state index in [0.717, 1.165) is 48.8 Å². The van der Waals surface area contributed by atoms with Gasteiger partial charge in [0, 0.05) is 5.75 Å². The van der Waals surface area contributed by atoms with Crippen LogP contribution in [-0.2, 0) is 19.1 Å². The highest BCUT2D eigenvalue weighted by atomic mass is 32.2. The Hall–Kier alpha value is -3.09. The molecule has 3 atom stereocenters. The molecule has 0 saturated heterocycles. The zero-order valence-corrected chi connectivity index (χ0v) is 24.7. The van der Waals surface area contributed by atoms with Crippen molar-refractivity contribution in [3.8, 4) is 0 Å². The average Bonchev–Trinajstić information content (AvgIpc) is 3.52. The number of benzene rings is 3. The van der Waals surface area contributed by atoms with Crippen LogP contribution in [0.4, 0.5) is 0 Å². The Balaban J connectivity index is 1.60. The smallest absolute Gasteiger partial charge is 0.329 e. The van der Waals surface area contributed by atoms with Gasteiger partial charge in [0.15, 0.2) is 0 Å². The van der Waals surface area contributed by atoms with Gasteiger partial charge < -0.3 is 15.4 Å². The number of carbonyl (C=O) groups is 2. The normalized spacial score (nSPS) is 16.2. The molecule has 1 fully saturated rings. The number of hydrogen-bond acceptors (Lipinski definition) is 5. The van der Waals surface area contributed by atoms with Crippen molar-refractivity contribution in [3.63, 3.8) is 0 Å². The summed E-state index contributed by atoms with van der Waals surface area (Å²) in [7, 11) is 1.80. The molecular formula is C34H42N2O3S. The third-order valence-electron chi connectivity index (χ3n) is 8.02. The fraction of sp³-hybridized carbons (Fsp3) is 0.412. The molecule has 5 nitrogen and oxygen atoms in total. The zero-order valence-electron chi connectivity index (χ0n) is 23.8. The molecule has 2 N–H and O–H groups in total. The van der Waals surface area contributed by atoms with E-state index in [9.17, 15) is 9.59 Å². The predicted octanol–water partition coefficient (Wildman–Crippen LogP) is 6.32. The Morgan fingerprint density at radius 2 is 1.35 bits per heavy atom. The van der Waals surface area contributed by atoms with Crippen LogP contribution in [0.1, 0.15) is 62.6 Å². The summed E-state index contributed by atoms with van der Waals surface area (Å²) in [6, 6.07) is 30.2. The lowest BCUT2D eigenvalue weighted by Crippen LogP contribution is -2.53. The minimum atomic E-state index is -0.666. The van der Waals surface area contributed by atoms with Gasteiger partial charge >= 0.3 is 5.97 Å². The number of rotatable bonds is 13. The van der Waals surface area contributed by atoms with E-state index in [2.05, 4.69) is 83.4 Å². The highest BCUT2D eigenvalue weighted by Gasteiger charge is 2.39. The van der Waals surface area contributed by atoms with Crippen LogP contribution in [0, 0.1) is 5.92 Å². The van der Waals surface area contributed by atoms with Crippen molar-refractivity contribution >= 4 is 23.6 Å². The topological polar surface area (TPSA) is 67.4 Å². The summed E-state index contributed by atoms with van der Waals surface area (Å²) in [6.45, 7) is 4.03. The number of likely N-dealkylation sites (N-methyl/N-ethyl adjacent to an activating group) is 1. The van der Waals surface area contributed by atoms with Crippen molar-refractivity contribution in [3.05, 3.63) is 108 Å². The number of carbonyl (C=O) groups excluding carboxylic acids is 2. The molecule has 1 aliphatic rings.